The minimum atomic E-state index is 1.06. The van der Waals surface area contributed by atoms with Crippen LogP contribution in [0, 0.1) is 0 Å². The maximum absolute atomic E-state index is 3.96. The molecule has 0 aliphatic carbocycles. The lowest BCUT2D eigenvalue weighted by Crippen LogP contribution is -1.79. The van der Waals surface area contributed by atoms with Gasteiger partial charge in [0.25, 0.3) is 0 Å². The van der Waals surface area contributed by atoms with Gasteiger partial charge in [-0.1, -0.05) is 45.8 Å². The Morgan fingerprint density at radius 3 is 2.36 bits per heavy atom. The first-order valence-corrected chi connectivity index (χ1v) is 5.63. The lowest BCUT2D eigenvalue weighted by Gasteiger charge is -1.98. The van der Waals surface area contributed by atoms with Crippen LogP contribution in [0.5, 0.6) is 0 Å². The van der Waals surface area contributed by atoms with Gasteiger partial charge in [-0.05, 0) is 32.6 Å². The highest BCUT2D eigenvalue weighted by molar-refractivity contribution is 5.30. The number of rotatable bonds is 6. The Kier molecular flexibility index (Phi) is 16.4. The summed E-state index contributed by atoms with van der Waals surface area (Å²) in [6.45, 7) is 11.7. The van der Waals surface area contributed by atoms with Gasteiger partial charge in [-0.25, -0.2) is 0 Å². The highest BCUT2D eigenvalue weighted by atomic mass is 14.7. The first-order chi connectivity index (χ1) is 6.85. The van der Waals surface area contributed by atoms with Crippen molar-refractivity contribution in [3.8, 4) is 0 Å². The van der Waals surface area contributed by atoms with Crippen LogP contribution in [0.25, 0.3) is 0 Å². The number of hydrogen-bond donors (Lipinski definition) is 0. The van der Waals surface area contributed by atoms with Crippen LogP contribution in [0.15, 0.2) is 28.9 Å². The Morgan fingerprint density at radius 1 is 1.29 bits per heavy atom. The largest absolute Gasteiger partial charge is 0.269 e. The molecule has 0 aromatic rings. The zero-order valence-electron chi connectivity index (χ0n) is 10.2. The topological polar surface area (TPSA) is 12.4 Å². The lowest BCUT2D eigenvalue weighted by molar-refractivity contribution is 0.710. The smallest absolute Gasteiger partial charge is 0.0396 e. The zero-order valence-corrected chi connectivity index (χ0v) is 10.2. The van der Waals surface area contributed by atoms with Gasteiger partial charge in [-0.15, -0.1) is 0 Å². The van der Waals surface area contributed by atoms with Crippen molar-refractivity contribution in [3.05, 3.63) is 23.9 Å². The molecule has 0 aromatic heterocycles. The molecular formula is C13H25N. The first-order valence-electron chi connectivity index (χ1n) is 5.63. The molecule has 82 valence electrons. The fraction of sp³-hybridized carbons (Fsp3) is 0.615. The van der Waals surface area contributed by atoms with E-state index in [1.54, 1.807) is 0 Å². The van der Waals surface area contributed by atoms with Gasteiger partial charge in [0.15, 0.2) is 0 Å². The minimum Gasteiger partial charge on any atom is -0.269 e. The van der Waals surface area contributed by atoms with Crippen LogP contribution in [0.3, 0.4) is 0 Å². The molecule has 0 heterocycles. The van der Waals surface area contributed by atoms with E-state index in [-0.39, 0.29) is 0 Å². The summed E-state index contributed by atoms with van der Waals surface area (Å²) in [5.74, 6) is 0. The maximum Gasteiger partial charge on any atom is 0.0396 e. The van der Waals surface area contributed by atoms with Gasteiger partial charge in [0.2, 0.25) is 0 Å². The van der Waals surface area contributed by atoms with Crippen molar-refractivity contribution in [1.82, 2.24) is 0 Å². The molecule has 0 atom stereocenters. The number of unbranched alkanes of at least 4 members (excludes halogenated alkanes) is 2. The predicted octanol–water partition coefficient (Wildman–Crippen LogP) is 4.75. The third kappa shape index (κ3) is 11.2. The molecule has 14 heavy (non-hydrogen) atoms. The van der Waals surface area contributed by atoms with Gasteiger partial charge in [-0.3, -0.25) is 4.99 Å². The molecule has 0 saturated carbocycles. The van der Waals surface area contributed by atoms with Crippen molar-refractivity contribution in [2.75, 3.05) is 0 Å². The zero-order chi connectivity index (χ0) is 11.2. The van der Waals surface area contributed by atoms with E-state index in [2.05, 4.69) is 18.6 Å². The third-order valence-corrected chi connectivity index (χ3v) is 1.72. The van der Waals surface area contributed by atoms with Gasteiger partial charge in [0.05, 0.1) is 0 Å². The lowest BCUT2D eigenvalue weighted by atomic mass is 10.1. The van der Waals surface area contributed by atoms with E-state index in [1.165, 1.54) is 19.3 Å². The number of allylic oxidation sites excluding steroid dienone is 4. The van der Waals surface area contributed by atoms with Crippen LogP contribution >= 0.6 is 0 Å². The SMILES string of the molecule is C=N/C(=C\C=C/C)CCCCC.CC. The van der Waals surface area contributed by atoms with Crippen molar-refractivity contribution in [1.29, 1.82) is 0 Å². The van der Waals surface area contributed by atoms with Gasteiger partial charge < -0.3 is 0 Å². The highest BCUT2D eigenvalue weighted by Crippen LogP contribution is 2.09. The maximum atomic E-state index is 3.96. The van der Waals surface area contributed by atoms with Gasteiger partial charge in [-0.2, -0.15) is 0 Å². The molecule has 1 nitrogen and oxygen atoms in total. The van der Waals surface area contributed by atoms with Crippen molar-refractivity contribution in [3.63, 3.8) is 0 Å². The minimum absolute atomic E-state index is 1.06. The third-order valence-electron chi connectivity index (χ3n) is 1.72. The first kappa shape index (κ1) is 15.6. The molecule has 0 amide bonds. The molecule has 0 radical (unpaired) electrons. The Labute approximate surface area is 89.6 Å². The second-order valence-electron chi connectivity index (χ2n) is 2.80. The summed E-state index contributed by atoms with van der Waals surface area (Å²) in [6.07, 6.45) is 10.9. The summed E-state index contributed by atoms with van der Waals surface area (Å²) in [5, 5.41) is 0. The second kappa shape index (κ2) is 14.7. The van der Waals surface area contributed by atoms with Crippen molar-refractivity contribution in [2.45, 2.75) is 53.4 Å². The van der Waals surface area contributed by atoms with Crippen LogP contribution in [-0.2, 0) is 0 Å². The molecular weight excluding hydrogens is 170 g/mol. The summed E-state index contributed by atoms with van der Waals surface area (Å²) in [4.78, 5) is 3.96. The van der Waals surface area contributed by atoms with Crippen molar-refractivity contribution < 1.29 is 0 Å². The number of hydrogen-bond acceptors (Lipinski definition) is 1. The molecule has 0 bridgehead atoms. The van der Waals surface area contributed by atoms with Crippen LogP contribution in [0.1, 0.15) is 53.4 Å². The van der Waals surface area contributed by atoms with Gasteiger partial charge in [0.1, 0.15) is 0 Å². The fourth-order valence-electron chi connectivity index (χ4n) is 0.979. The molecule has 1 heteroatoms. The highest BCUT2D eigenvalue weighted by Gasteiger charge is 1.91. The van der Waals surface area contributed by atoms with E-state index in [1.807, 2.05) is 39.0 Å². The van der Waals surface area contributed by atoms with Crippen LogP contribution in [0.4, 0.5) is 0 Å². The predicted molar refractivity (Wildman–Crippen MR) is 67.9 cm³/mol. The summed E-state index contributed by atoms with van der Waals surface area (Å²) >= 11 is 0. The van der Waals surface area contributed by atoms with E-state index >= 15 is 0 Å². The van der Waals surface area contributed by atoms with Gasteiger partial charge in [0, 0.05) is 5.70 Å². The summed E-state index contributed by atoms with van der Waals surface area (Å²) in [6, 6.07) is 0. The quantitative estimate of drug-likeness (QED) is 0.329. The molecule has 0 spiro atoms. The average Bonchev–Trinajstić information content (AvgIpc) is 2.26. The molecule has 0 N–H and O–H groups in total. The van der Waals surface area contributed by atoms with Crippen LogP contribution in [-0.4, -0.2) is 6.72 Å². The molecule has 0 fully saturated rings. The molecule has 0 aromatic carbocycles. The Balaban J connectivity index is 0. The van der Waals surface area contributed by atoms with E-state index in [9.17, 15) is 0 Å². The van der Waals surface area contributed by atoms with Crippen LogP contribution in [0.2, 0.25) is 0 Å². The van der Waals surface area contributed by atoms with Crippen molar-refractivity contribution >= 4 is 6.72 Å². The van der Waals surface area contributed by atoms with E-state index < -0.39 is 0 Å². The summed E-state index contributed by atoms with van der Waals surface area (Å²) in [7, 11) is 0. The second-order valence-corrected chi connectivity index (χ2v) is 2.80. The Hall–Kier alpha value is -0.850. The average molecular weight is 195 g/mol. The fourth-order valence-corrected chi connectivity index (χ4v) is 0.979. The standard InChI is InChI=1S/C11H19N.C2H6/c1-4-6-8-10-11(12-3)9-7-5-2;1-2/h5,7,9H,3-4,6,8,10H2,1-2H3;1-2H3/b7-5-,11-9-;. The molecule has 0 saturated heterocycles. The number of aliphatic imine (C=N–C) groups is 1. The number of nitrogens with zero attached hydrogens (tertiary/aromatic N) is 1. The van der Waals surface area contributed by atoms with Gasteiger partial charge >= 0.3 is 0 Å². The Morgan fingerprint density at radius 2 is 1.93 bits per heavy atom. The van der Waals surface area contributed by atoms with E-state index in [4.69, 9.17) is 0 Å². The van der Waals surface area contributed by atoms with Crippen molar-refractivity contribution in [2.24, 2.45) is 4.99 Å². The summed E-state index contributed by atoms with van der Waals surface area (Å²) in [5.41, 5.74) is 1.10. The van der Waals surface area contributed by atoms with E-state index in [0.29, 0.717) is 0 Å². The van der Waals surface area contributed by atoms with E-state index in [0.717, 1.165) is 12.1 Å². The molecule has 0 unspecified atom stereocenters. The summed E-state index contributed by atoms with van der Waals surface area (Å²) < 4.78 is 0. The molecule has 0 rings (SSSR count). The van der Waals surface area contributed by atoms with Crippen LogP contribution < -0.4 is 0 Å². The monoisotopic (exact) mass is 195 g/mol. The normalized spacial score (nSPS) is 11.0. The molecule has 0 aliphatic rings. The molecule has 0 aliphatic heterocycles. The Bertz CT molecular complexity index is 166.